The molecule has 0 amide bonds. The minimum absolute atomic E-state index is 0.437. The Kier molecular flexibility index (Phi) is 6.74. The van der Waals surface area contributed by atoms with Crippen molar-refractivity contribution >= 4 is 27.3 Å². The molecule has 1 atom stereocenters. The second-order valence-electron chi connectivity index (χ2n) is 4.98. The van der Waals surface area contributed by atoms with Crippen LogP contribution in [0.3, 0.4) is 0 Å². The maximum atomic E-state index is 5.82. The smallest absolute Gasteiger partial charge is 0.122 e. The van der Waals surface area contributed by atoms with Crippen LogP contribution in [-0.4, -0.2) is 6.54 Å². The minimum atomic E-state index is 0.437. The van der Waals surface area contributed by atoms with Gasteiger partial charge >= 0.3 is 0 Å². The Labute approximate surface area is 139 Å². The second kappa shape index (κ2) is 8.57. The molecule has 0 spiro atoms. The van der Waals surface area contributed by atoms with Gasteiger partial charge in [-0.05, 0) is 65.1 Å². The van der Waals surface area contributed by atoms with E-state index in [4.69, 9.17) is 4.74 Å². The number of nitrogens with one attached hydrogen (secondary N) is 1. The number of rotatable bonds is 8. The van der Waals surface area contributed by atoms with Crippen LogP contribution in [0.5, 0.6) is 5.75 Å². The topological polar surface area (TPSA) is 21.3 Å². The molecule has 0 aliphatic rings. The summed E-state index contributed by atoms with van der Waals surface area (Å²) < 4.78 is 6.97. The molecule has 1 aromatic carbocycles. The predicted molar refractivity (Wildman–Crippen MR) is 94.1 cm³/mol. The fraction of sp³-hybridized carbons (Fsp3) is 0.412. The van der Waals surface area contributed by atoms with E-state index in [1.54, 1.807) is 11.3 Å². The maximum Gasteiger partial charge on any atom is 0.122 e. The van der Waals surface area contributed by atoms with Crippen LogP contribution in [0.1, 0.15) is 43.2 Å². The first-order valence-corrected chi connectivity index (χ1v) is 9.04. The summed E-state index contributed by atoms with van der Waals surface area (Å²) in [5, 5.41) is 3.57. The Bertz CT molecular complexity index is 538. The minimum Gasteiger partial charge on any atom is -0.488 e. The highest BCUT2D eigenvalue weighted by molar-refractivity contribution is 9.11. The number of halogens is 1. The molecule has 2 nitrogen and oxygen atoms in total. The number of hydrogen-bond acceptors (Lipinski definition) is 3. The summed E-state index contributed by atoms with van der Waals surface area (Å²) in [5.41, 5.74) is 1.33. The van der Waals surface area contributed by atoms with Crippen LogP contribution in [-0.2, 0) is 6.61 Å². The molecular weight excluding hydrogens is 346 g/mol. The largest absolute Gasteiger partial charge is 0.488 e. The van der Waals surface area contributed by atoms with Crippen LogP contribution in [0, 0.1) is 0 Å². The summed E-state index contributed by atoms with van der Waals surface area (Å²) in [6, 6.07) is 13.0. The first-order valence-electron chi connectivity index (χ1n) is 7.43. The zero-order chi connectivity index (χ0) is 15.1. The van der Waals surface area contributed by atoms with Gasteiger partial charge in [0.2, 0.25) is 0 Å². The van der Waals surface area contributed by atoms with Crippen molar-refractivity contribution < 1.29 is 4.74 Å². The van der Waals surface area contributed by atoms with Crippen molar-refractivity contribution in [2.45, 2.75) is 39.3 Å². The lowest BCUT2D eigenvalue weighted by Gasteiger charge is -2.17. The molecule has 0 aliphatic heterocycles. The third-order valence-corrected chi connectivity index (χ3v) is 4.94. The number of benzene rings is 1. The average molecular weight is 368 g/mol. The number of thiophene rings is 1. The summed E-state index contributed by atoms with van der Waals surface area (Å²) >= 11 is 5.18. The van der Waals surface area contributed by atoms with E-state index >= 15 is 0 Å². The normalized spacial score (nSPS) is 12.3. The van der Waals surface area contributed by atoms with Gasteiger partial charge in [-0.15, -0.1) is 11.3 Å². The van der Waals surface area contributed by atoms with Gasteiger partial charge in [-0.25, -0.2) is 0 Å². The van der Waals surface area contributed by atoms with Crippen molar-refractivity contribution in [3.05, 3.63) is 50.6 Å². The molecule has 1 heterocycles. The van der Waals surface area contributed by atoms with Gasteiger partial charge in [0.25, 0.3) is 0 Å². The van der Waals surface area contributed by atoms with Crippen LogP contribution < -0.4 is 10.1 Å². The predicted octanol–water partition coefficient (Wildman–Crippen LogP) is 5.54. The summed E-state index contributed by atoms with van der Waals surface area (Å²) in [5.74, 6) is 0.925. The molecule has 4 heteroatoms. The SMILES string of the molecule is CCCNC(CC)c1ccc(OCc2ccc(Br)s2)cc1. The molecule has 2 rings (SSSR count). The van der Waals surface area contributed by atoms with Gasteiger partial charge in [0.15, 0.2) is 0 Å². The Morgan fingerprint density at radius 1 is 1.14 bits per heavy atom. The van der Waals surface area contributed by atoms with E-state index < -0.39 is 0 Å². The Balaban J connectivity index is 1.91. The van der Waals surface area contributed by atoms with E-state index in [-0.39, 0.29) is 0 Å². The lowest BCUT2D eigenvalue weighted by atomic mass is 10.0. The van der Waals surface area contributed by atoms with Crippen molar-refractivity contribution in [1.82, 2.24) is 5.32 Å². The number of hydrogen-bond donors (Lipinski definition) is 1. The van der Waals surface area contributed by atoms with E-state index in [2.05, 4.69) is 71.5 Å². The molecule has 0 saturated heterocycles. The van der Waals surface area contributed by atoms with Gasteiger partial charge in [-0.3, -0.25) is 0 Å². The zero-order valence-corrected chi connectivity index (χ0v) is 15.0. The van der Waals surface area contributed by atoms with Crippen LogP contribution in [0.4, 0.5) is 0 Å². The molecule has 1 N–H and O–H groups in total. The molecule has 0 radical (unpaired) electrons. The highest BCUT2D eigenvalue weighted by Crippen LogP contribution is 2.24. The molecule has 0 aliphatic carbocycles. The maximum absolute atomic E-state index is 5.82. The quantitative estimate of drug-likeness (QED) is 0.661. The molecule has 1 aromatic heterocycles. The van der Waals surface area contributed by atoms with Crippen molar-refractivity contribution in [2.24, 2.45) is 0 Å². The monoisotopic (exact) mass is 367 g/mol. The van der Waals surface area contributed by atoms with Crippen molar-refractivity contribution in [2.75, 3.05) is 6.54 Å². The summed E-state index contributed by atoms with van der Waals surface area (Å²) in [6.45, 7) is 6.09. The highest BCUT2D eigenvalue weighted by Gasteiger charge is 2.08. The van der Waals surface area contributed by atoms with Crippen LogP contribution in [0.2, 0.25) is 0 Å². The van der Waals surface area contributed by atoms with Gasteiger partial charge < -0.3 is 10.1 Å². The van der Waals surface area contributed by atoms with Gasteiger partial charge in [0.1, 0.15) is 12.4 Å². The van der Waals surface area contributed by atoms with Crippen molar-refractivity contribution in [3.8, 4) is 5.75 Å². The molecule has 0 fully saturated rings. The Morgan fingerprint density at radius 3 is 2.48 bits per heavy atom. The number of ether oxygens (including phenoxy) is 1. The first-order chi connectivity index (χ1) is 10.2. The van der Waals surface area contributed by atoms with Crippen molar-refractivity contribution in [1.29, 1.82) is 0 Å². The third-order valence-electron chi connectivity index (χ3n) is 3.34. The molecule has 0 saturated carbocycles. The molecule has 1 unspecified atom stereocenters. The third kappa shape index (κ3) is 5.13. The van der Waals surface area contributed by atoms with E-state index in [1.807, 2.05) is 0 Å². The van der Waals surface area contributed by atoms with Gasteiger partial charge in [-0.1, -0.05) is 26.0 Å². The standard InChI is InChI=1S/C17H22BrNOS/c1-3-11-19-16(4-2)13-5-7-14(8-6-13)20-12-15-9-10-17(18)21-15/h5-10,16,19H,3-4,11-12H2,1-2H3. The summed E-state index contributed by atoms with van der Waals surface area (Å²) in [4.78, 5) is 1.22. The van der Waals surface area contributed by atoms with E-state index in [0.717, 1.165) is 28.9 Å². The zero-order valence-electron chi connectivity index (χ0n) is 12.6. The van der Waals surface area contributed by atoms with E-state index in [1.165, 1.54) is 10.4 Å². The molecule has 114 valence electrons. The van der Waals surface area contributed by atoms with Crippen LogP contribution in [0.25, 0.3) is 0 Å². The molecular formula is C17H22BrNOS. The van der Waals surface area contributed by atoms with Crippen molar-refractivity contribution in [3.63, 3.8) is 0 Å². The highest BCUT2D eigenvalue weighted by atomic mass is 79.9. The van der Waals surface area contributed by atoms with E-state index in [0.29, 0.717) is 12.6 Å². The molecule has 21 heavy (non-hydrogen) atoms. The Morgan fingerprint density at radius 2 is 1.90 bits per heavy atom. The summed E-state index contributed by atoms with van der Waals surface area (Å²) in [7, 11) is 0. The van der Waals surface area contributed by atoms with Crippen LogP contribution >= 0.6 is 27.3 Å². The Hall–Kier alpha value is -0.840. The van der Waals surface area contributed by atoms with Gasteiger partial charge in [0.05, 0.1) is 3.79 Å². The molecule has 0 bridgehead atoms. The molecule has 2 aromatic rings. The second-order valence-corrected chi connectivity index (χ2v) is 7.53. The lowest BCUT2D eigenvalue weighted by molar-refractivity contribution is 0.309. The summed E-state index contributed by atoms with van der Waals surface area (Å²) in [6.07, 6.45) is 2.26. The first kappa shape index (κ1) is 16.5. The lowest BCUT2D eigenvalue weighted by Crippen LogP contribution is -2.21. The fourth-order valence-corrected chi connectivity index (χ4v) is 3.59. The van der Waals surface area contributed by atoms with Gasteiger partial charge in [-0.2, -0.15) is 0 Å². The van der Waals surface area contributed by atoms with E-state index in [9.17, 15) is 0 Å². The average Bonchev–Trinajstić information content (AvgIpc) is 2.93. The van der Waals surface area contributed by atoms with Gasteiger partial charge in [0, 0.05) is 10.9 Å². The van der Waals surface area contributed by atoms with Crippen LogP contribution in [0.15, 0.2) is 40.2 Å². The fourth-order valence-electron chi connectivity index (χ4n) is 2.20.